The first-order valence-electron chi connectivity index (χ1n) is 10.8. The average molecular weight is 443 g/mol. The molecule has 0 spiro atoms. The van der Waals surface area contributed by atoms with E-state index < -0.39 is 11.6 Å². The van der Waals surface area contributed by atoms with Crippen molar-refractivity contribution in [3.05, 3.63) is 40.9 Å². The fraction of sp³-hybridized carbons (Fsp3) is 0.522. The molecule has 2 amide bonds. The topological polar surface area (TPSA) is 94.5 Å². The summed E-state index contributed by atoms with van der Waals surface area (Å²) in [7, 11) is 0. The molecule has 2 N–H and O–H groups in total. The minimum Gasteiger partial charge on any atom is -0.488 e. The molecule has 8 heteroatoms. The number of nitriles is 1. The SMILES string of the molecule is N#CC1(NC(=O)[C@@H]2Cc3ccc(c(Cl)c3)OC/C=C\CCN3CCCC3C(=O)N2)CC1. The summed E-state index contributed by atoms with van der Waals surface area (Å²) in [6.07, 6.45) is 8.11. The van der Waals surface area contributed by atoms with E-state index in [0.717, 1.165) is 37.9 Å². The van der Waals surface area contributed by atoms with Crippen LogP contribution in [0, 0.1) is 11.3 Å². The van der Waals surface area contributed by atoms with Gasteiger partial charge in [0, 0.05) is 13.0 Å². The van der Waals surface area contributed by atoms with Crippen LogP contribution in [-0.4, -0.2) is 54.0 Å². The second-order valence-corrected chi connectivity index (χ2v) is 8.89. The van der Waals surface area contributed by atoms with Crippen molar-refractivity contribution in [3.63, 3.8) is 0 Å². The first kappa shape index (κ1) is 21.7. The molecule has 2 fully saturated rings. The fourth-order valence-corrected chi connectivity index (χ4v) is 4.43. The summed E-state index contributed by atoms with van der Waals surface area (Å²) in [6.45, 7) is 2.06. The van der Waals surface area contributed by atoms with E-state index in [1.165, 1.54) is 0 Å². The normalized spacial score (nSPS) is 26.8. The van der Waals surface area contributed by atoms with Gasteiger partial charge in [0.25, 0.3) is 0 Å². The van der Waals surface area contributed by atoms with Gasteiger partial charge in [-0.2, -0.15) is 5.26 Å². The molecule has 4 aliphatic rings. The molecule has 164 valence electrons. The minimum atomic E-state index is -0.794. The Morgan fingerprint density at radius 1 is 1.32 bits per heavy atom. The largest absolute Gasteiger partial charge is 0.488 e. The fourth-order valence-electron chi connectivity index (χ4n) is 4.17. The van der Waals surface area contributed by atoms with Crippen molar-refractivity contribution in [2.24, 2.45) is 0 Å². The van der Waals surface area contributed by atoms with Gasteiger partial charge in [-0.05, 0) is 56.3 Å². The smallest absolute Gasteiger partial charge is 0.244 e. The van der Waals surface area contributed by atoms with Gasteiger partial charge in [-0.25, -0.2) is 0 Å². The Kier molecular flexibility index (Phi) is 6.49. The maximum absolute atomic E-state index is 13.1. The summed E-state index contributed by atoms with van der Waals surface area (Å²) in [5, 5.41) is 15.6. The number of amides is 2. The predicted octanol–water partition coefficient (Wildman–Crippen LogP) is 2.34. The zero-order valence-corrected chi connectivity index (χ0v) is 18.2. The molecule has 1 aromatic rings. The highest BCUT2D eigenvalue weighted by Crippen LogP contribution is 2.34. The van der Waals surface area contributed by atoms with Gasteiger partial charge < -0.3 is 15.4 Å². The highest BCUT2D eigenvalue weighted by atomic mass is 35.5. The number of hydrogen-bond acceptors (Lipinski definition) is 5. The summed E-state index contributed by atoms with van der Waals surface area (Å²) in [5.74, 6) is 0.104. The third-order valence-electron chi connectivity index (χ3n) is 6.15. The van der Waals surface area contributed by atoms with Crippen LogP contribution in [0.2, 0.25) is 5.02 Å². The molecule has 2 atom stereocenters. The number of nitrogens with zero attached hydrogens (tertiary/aromatic N) is 2. The third kappa shape index (κ3) is 5.20. The summed E-state index contributed by atoms with van der Waals surface area (Å²) in [4.78, 5) is 28.3. The number of fused-ring (bicyclic) bond motifs is 9. The number of hydrogen-bond donors (Lipinski definition) is 2. The number of ether oxygens (including phenoxy) is 1. The minimum absolute atomic E-state index is 0.137. The first-order chi connectivity index (χ1) is 15.0. The second-order valence-electron chi connectivity index (χ2n) is 8.48. The summed E-state index contributed by atoms with van der Waals surface area (Å²) >= 11 is 6.37. The molecule has 0 aromatic heterocycles. The van der Waals surface area contributed by atoms with Gasteiger partial charge in [-0.1, -0.05) is 29.8 Å². The lowest BCUT2D eigenvalue weighted by Gasteiger charge is -2.26. The molecule has 3 aliphatic heterocycles. The van der Waals surface area contributed by atoms with Gasteiger partial charge in [0.15, 0.2) is 0 Å². The Balaban J connectivity index is 1.58. The molecule has 7 nitrogen and oxygen atoms in total. The quantitative estimate of drug-likeness (QED) is 0.685. The molecule has 1 saturated heterocycles. The predicted molar refractivity (Wildman–Crippen MR) is 117 cm³/mol. The third-order valence-corrected chi connectivity index (χ3v) is 6.44. The van der Waals surface area contributed by atoms with E-state index in [-0.39, 0.29) is 24.3 Å². The highest BCUT2D eigenvalue weighted by molar-refractivity contribution is 6.32. The van der Waals surface area contributed by atoms with Gasteiger partial charge in [-0.3, -0.25) is 14.5 Å². The number of rotatable bonds is 2. The van der Waals surface area contributed by atoms with Gasteiger partial charge in [0.2, 0.25) is 11.8 Å². The molecule has 1 aromatic carbocycles. The van der Waals surface area contributed by atoms with Crippen molar-refractivity contribution in [3.8, 4) is 11.8 Å². The van der Waals surface area contributed by atoms with Crippen LogP contribution in [0.1, 0.15) is 37.7 Å². The van der Waals surface area contributed by atoms with E-state index in [2.05, 4.69) is 27.7 Å². The molecule has 1 saturated carbocycles. The maximum atomic E-state index is 13.1. The van der Waals surface area contributed by atoms with E-state index in [1.807, 2.05) is 12.1 Å². The Bertz CT molecular complexity index is 922. The number of halogens is 1. The number of carbonyl (C=O) groups excluding carboxylic acids is 2. The molecule has 3 heterocycles. The van der Waals surface area contributed by atoms with E-state index in [1.54, 1.807) is 12.1 Å². The van der Waals surface area contributed by atoms with Crippen LogP contribution in [0.5, 0.6) is 5.75 Å². The molecule has 1 aliphatic carbocycles. The van der Waals surface area contributed by atoms with Gasteiger partial charge in [-0.15, -0.1) is 0 Å². The van der Waals surface area contributed by atoms with Gasteiger partial charge in [0.05, 0.1) is 17.1 Å². The number of benzene rings is 1. The van der Waals surface area contributed by atoms with Crippen molar-refractivity contribution < 1.29 is 14.3 Å². The Hall–Kier alpha value is -2.56. The summed E-state index contributed by atoms with van der Waals surface area (Å²) in [5.41, 5.74) is 0.0171. The number of carbonyl (C=O) groups is 2. The lowest BCUT2D eigenvalue weighted by molar-refractivity contribution is -0.131. The zero-order valence-electron chi connectivity index (χ0n) is 17.4. The van der Waals surface area contributed by atoms with E-state index in [0.29, 0.717) is 30.2 Å². The molecule has 2 bridgehead atoms. The Labute approximate surface area is 187 Å². The van der Waals surface area contributed by atoms with Crippen LogP contribution in [0.25, 0.3) is 0 Å². The van der Waals surface area contributed by atoms with Crippen LogP contribution < -0.4 is 15.4 Å². The Morgan fingerprint density at radius 2 is 2.16 bits per heavy atom. The van der Waals surface area contributed by atoms with Gasteiger partial charge >= 0.3 is 0 Å². The highest BCUT2D eigenvalue weighted by Gasteiger charge is 2.46. The molecule has 0 radical (unpaired) electrons. The first-order valence-corrected chi connectivity index (χ1v) is 11.2. The van der Waals surface area contributed by atoms with Crippen molar-refractivity contribution in [1.29, 1.82) is 5.26 Å². The van der Waals surface area contributed by atoms with Crippen LogP contribution in [-0.2, 0) is 16.0 Å². The summed E-state index contributed by atoms with van der Waals surface area (Å²) < 4.78 is 5.74. The molecular formula is C23H27ClN4O3. The van der Waals surface area contributed by atoms with Crippen LogP contribution in [0.15, 0.2) is 30.4 Å². The van der Waals surface area contributed by atoms with Crippen molar-refractivity contribution >= 4 is 23.4 Å². The van der Waals surface area contributed by atoms with Gasteiger partial charge in [0.1, 0.15) is 23.9 Å². The van der Waals surface area contributed by atoms with Crippen molar-refractivity contribution in [2.45, 2.75) is 56.1 Å². The maximum Gasteiger partial charge on any atom is 0.244 e. The van der Waals surface area contributed by atoms with E-state index in [9.17, 15) is 14.9 Å². The van der Waals surface area contributed by atoms with Crippen LogP contribution >= 0.6 is 11.6 Å². The monoisotopic (exact) mass is 442 g/mol. The summed E-state index contributed by atoms with van der Waals surface area (Å²) in [6, 6.07) is 6.54. The Morgan fingerprint density at radius 3 is 2.90 bits per heavy atom. The van der Waals surface area contributed by atoms with Crippen molar-refractivity contribution in [2.75, 3.05) is 19.7 Å². The van der Waals surface area contributed by atoms with Crippen LogP contribution in [0.4, 0.5) is 0 Å². The molecule has 1 unspecified atom stereocenters. The molecule has 5 rings (SSSR count). The van der Waals surface area contributed by atoms with E-state index >= 15 is 0 Å². The standard InChI is InChI=1S/C23H27ClN4O3/c24-17-13-16-6-7-20(17)31-12-3-1-2-10-28-11-4-5-19(28)22(30)26-18(14-16)21(29)27-23(15-25)8-9-23/h1,3,6-7,13,18-19H,2,4-5,8-12,14H2,(H,26,30)(H,27,29)/b3-1-/t18-,19?/m0/s1. The number of nitrogens with one attached hydrogen (secondary N) is 2. The van der Waals surface area contributed by atoms with Crippen LogP contribution in [0.3, 0.4) is 0 Å². The second kappa shape index (κ2) is 9.29. The lowest BCUT2D eigenvalue weighted by atomic mass is 10.0. The lowest BCUT2D eigenvalue weighted by Crippen LogP contribution is -2.55. The average Bonchev–Trinajstić information content (AvgIpc) is 3.36. The zero-order chi connectivity index (χ0) is 21.8. The van der Waals surface area contributed by atoms with E-state index in [4.69, 9.17) is 16.3 Å². The molecular weight excluding hydrogens is 416 g/mol. The molecule has 31 heavy (non-hydrogen) atoms. The van der Waals surface area contributed by atoms with Crippen molar-refractivity contribution in [1.82, 2.24) is 15.5 Å².